The van der Waals surface area contributed by atoms with Gasteiger partial charge in [0.1, 0.15) is 5.75 Å². The van der Waals surface area contributed by atoms with Crippen molar-refractivity contribution in [3.05, 3.63) is 70.8 Å². The maximum Gasteiger partial charge on any atom is 0.416 e. The van der Waals surface area contributed by atoms with Crippen LogP contribution in [-0.4, -0.2) is 17.7 Å². The molecular weight excluding hydrogens is 465 g/mol. The van der Waals surface area contributed by atoms with Crippen LogP contribution in [0.4, 0.5) is 13.2 Å². The van der Waals surface area contributed by atoms with E-state index in [1.807, 2.05) is 6.07 Å². The number of rotatable bonds is 7. The van der Waals surface area contributed by atoms with Gasteiger partial charge in [0.15, 0.2) is 0 Å². The van der Waals surface area contributed by atoms with E-state index in [0.29, 0.717) is 18.6 Å². The second kappa shape index (κ2) is 9.60. The van der Waals surface area contributed by atoms with Crippen LogP contribution in [0.3, 0.4) is 0 Å². The van der Waals surface area contributed by atoms with Crippen molar-refractivity contribution in [2.45, 2.75) is 69.9 Å². The molecule has 6 rings (SSSR count). The molecule has 0 atom stereocenters. The fourth-order valence-corrected chi connectivity index (χ4v) is 7.38. The number of phenolic OH excluding ortho intramolecular Hbond substituents is 1. The summed E-state index contributed by atoms with van der Waals surface area (Å²) in [4.78, 5) is 12.6. The number of allylic oxidation sites excluding steroid dienone is 1. The highest BCUT2D eigenvalue weighted by Crippen LogP contribution is 2.61. The number of hydrogen-bond donors (Lipinski definition) is 1. The lowest BCUT2D eigenvalue weighted by atomic mass is 9.48. The highest BCUT2D eigenvalue weighted by Gasteiger charge is 2.52. The summed E-state index contributed by atoms with van der Waals surface area (Å²) in [6.45, 7) is 1.81. The lowest BCUT2D eigenvalue weighted by Gasteiger charge is -2.57. The van der Waals surface area contributed by atoms with Crippen molar-refractivity contribution in [2.24, 2.45) is 17.8 Å². The molecule has 1 N–H and O–H groups in total. The molecule has 2 aromatic rings. The van der Waals surface area contributed by atoms with E-state index in [9.17, 15) is 23.1 Å². The van der Waals surface area contributed by atoms with Gasteiger partial charge in [-0.25, -0.2) is 4.79 Å². The summed E-state index contributed by atoms with van der Waals surface area (Å²) in [5.41, 5.74) is 1.73. The number of aromatic hydroxyl groups is 1. The molecule has 0 aliphatic heterocycles. The molecule has 0 aromatic heterocycles. The number of hydrogen-bond acceptors (Lipinski definition) is 3. The molecule has 6 heteroatoms. The second-order valence-corrected chi connectivity index (χ2v) is 11.0. The third-order valence-electron chi connectivity index (χ3n) is 8.45. The van der Waals surface area contributed by atoms with E-state index < -0.39 is 17.7 Å². The van der Waals surface area contributed by atoms with Gasteiger partial charge in [0.05, 0.1) is 17.7 Å². The minimum atomic E-state index is -4.49. The number of phenols is 1. The van der Waals surface area contributed by atoms with E-state index in [0.717, 1.165) is 60.3 Å². The van der Waals surface area contributed by atoms with Gasteiger partial charge < -0.3 is 9.84 Å². The first-order valence-electron chi connectivity index (χ1n) is 13.0. The maximum absolute atomic E-state index is 13.2. The number of carbonyl (C=O) groups excluding carboxylic acids is 1. The Balaban J connectivity index is 1.37. The molecular formula is C30H33F3O3. The Bertz CT molecular complexity index is 1130. The molecule has 0 saturated heterocycles. The van der Waals surface area contributed by atoms with E-state index in [1.165, 1.54) is 31.4 Å². The predicted octanol–water partition coefficient (Wildman–Crippen LogP) is 7.46. The number of carbonyl (C=O) groups is 1. The van der Waals surface area contributed by atoms with E-state index in [-0.39, 0.29) is 23.2 Å². The number of benzene rings is 2. The quantitative estimate of drug-likeness (QED) is 0.318. The van der Waals surface area contributed by atoms with Gasteiger partial charge >= 0.3 is 12.1 Å². The number of halogens is 3. The summed E-state index contributed by atoms with van der Waals surface area (Å²) in [5, 5.41) is 10.8. The monoisotopic (exact) mass is 498 g/mol. The molecule has 0 unspecified atom stereocenters. The third-order valence-corrected chi connectivity index (χ3v) is 8.45. The molecule has 3 nitrogen and oxygen atoms in total. The minimum Gasteiger partial charge on any atom is -0.508 e. The first-order chi connectivity index (χ1) is 17.2. The van der Waals surface area contributed by atoms with E-state index in [2.05, 4.69) is 6.07 Å². The molecule has 0 heterocycles. The van der Waals surface area contributed by atoms with Crippen molar-refractivity contribution in [1.82, 2.24) is 0 Å². The van der Waals surface area contributed by atoms with Crippen molar-refractivity contribution in [3.8, 4) is 5.75 Å². The molecule has 36 heavy (non-hydrogen) atoms. The normalized spacial score (nSPS) is 27.3. The van der Waals surface area contributed by atoms with Crippen molar-refractivity contribution >= 4 is 11.5 Å². The van der Waals surface area contributed by atoms with E-state index in [4.69, 9.17) is 4.74 Å². The summed E-state index contributed by atoms with van der Waals surface area (Å²) in [7, 11) is 0. The SMILES string of the molecule is CCOC(=O)/C(=C/CCc1ccc(O)c(C23CC4CC(CC(C4)C2)C3)c1)c1cccc(C(F)(F)F)c1. The fraction of sp³-hybridized carbons (Fsp3) is 0.500. The molecule has 4 aliphatic rings. The summed E-state index contributed by atoms with van der Waals surface area (Å²) in [6.07, 6.45) is 5.70. The van der Waals surface area contributed by atoms with Crippen LogP contribution >= 0.6 is 0 Å². The van der Waals surface area contributed by atoms with Gasteiger partial charge in [-0.3, -0.25) is 0 Å². The van der Waals surface area contributed by atoms with Crippen molar-refractivity contribution in [2.75, 3.05) is 6.61 Å². The van der Waals surface area contributed by atoms with Crippen molar-refractivity contribution in [3.63, 3.8) is 0 Å². The summed E-state index contributed by atoms with van der Waals surface area (Å²) >= 11 is 0. The molecule has 4 aliphatic carbocycles. The topological polar surface area (TPSA) is 46.5 Å². The summed E-state index contributed by atoms with van der Waals surface area (Å²) in [6, 6.07) is 10.6. The molecule has 0 amide bonds. The highest BCUT2D eigenvalue weighted by atomic mass is 19.4. The maximum atomic E-state index is 13.2. The Morgan fingerprint density at radius 1 is 1.06 bits per heavy atom. The Labute approximate surface area is 210 Å². The Morgan fingerprint density at radius 3 is 2.33 bits per heavy atom. The van der Waals surface area contributed by atoms with Crippen LogP contribution < -0.4 is 0 Å². The van der Waals surface area contributed by atoms with Crippen LogP contribution in [0.2, 0.25) is 0 Å². The zero-order valence-corrected chi connectivity index (χ0v) is 20.6. The molecule has 2 aromatic carbocycles. The number of ether oxygens (including phenoxy) is 1. The Kier molecular flexibility index (Phi) is 6.65. The minimum absolute atomic E-state index is 0.0683. The predicted molar refractivity (Wildman–Crippen MR) is 132 cm³/mol. The van der Waals surface area contributed by atoms with Gasteiger partial charge in [-0.2, -0.15) is 13.2 Å². The molecule has 0 spiro atoms. The third kappa shape index (κ3) is 4.91. The van der Waals surface area contributed by atoms with Crippen molar-refractivity contribution < 1.29 is 27.8 Å². The zero-order chi connectivity index (χ0) is 25.5. The average molecular weight is 499 g/mol. The van der Waals surface area contributed by atoms with Gasteiger partial charge in [0, 0.05) is 5.56 Å². The summed E-state index contributed by atoms with van der Waals surface area (Å²) in [5.74, 6) is 2.04. The van der Waals surface area contributed by atoms with Gasteiger partial charge in [-0.05, 0) is 111 Å². The first kappa shape index (κ1) is 24.9. The fourth-order valence-electron chi connectivity index (χ4n) is 7.38. The van der Waals surface area contributed by atoms with Crippen LogP contribution in [0.25, 0.3) is 5.57 Å². The Morgan fingerprint density at radius 2 is 1.72 bits per heavy atom. The van der Waals surface area contributed by atoms with E-state index >= 15 is 0 Å². The number of alkyl halides is 3. The van der Waals surface area contributed by atoms with Crippen LogP contribution in [0, 0.1) is 17.8 Å². The smallest absolute Gasteiger partial charge is 0.416 e. The van der Waals surface area contributed by atoms with Crippen molar-refractivity contribution in [1.29, 1.82) is 0 Å². The lowest BCUT2D eigenvalue weighted by molar-refractivity contribution is -0.138. The molecule has 4 fully saturated rings. The van der Waals surface area contributed by atoms with Crippen LogP contribution in [0.5, 0.6) is 5.75 Å². The average Bonchev–Trinajstić information content (AvgIpc) is 2.81. The second-order valence-electron chi connectivity index (χ2n) is 11.0. The highest BCUT2D eigenvalue weighted by molar-refractivity contribution is 6.16. The summed E-state index contributed by atoms with van der Waals surface area (Å²) < 4.78 is 44.8. The molecule has 0 radical (unpaired) electrons. The van der Waals surface area contributed by atoms with Gasteiger partial charge in [0.25, 0.3) is 0 Å². The van der Waals surface area contributed by atoms with Gasteiger partial charge in [-0.15, -0.1) is 0 Å². The molecule has 4 saturated carbocycles. The van der Waals surface area contributed by atoms with Crippen LogP contribution in [0.1, 0.15) is 74.1 Å². The largest absolute Gasteiger partial charge is 0.508 e. The molecule has 4 bridgehead atoms. The van der Waals surface area contributed by atoms with Crippen LogP contribution in [0.15, 0.2) is 48.5 Å². The number of aryl methyl sites for hydroxylation is 1. The molecule has 192 valence electrons. The Hall–Kier alpha value is -2.76. The van der Waals surface area contributed by atoms with Gasteiger partial charge in [-0.1, -0.05) is 30.3 Å². The zero-order valence-electron chi connectivity index (χ0n) is 20.6. The van der Waals surface area contributed by atoms with E-state index in [1.54, 1.807) is 19.1 Å². The lowest BCUT2D eigenvalue weighted by Crippen LogP contribution is -2.48. The van der Waals surface area contributed by atoms with Crippen LogP contribution in [-0.2, 0) is 27.5 Å². The number of esters is 1. The standard InChI is InChI=1S/C30H33F3O3/c1-2-36-28(35)25(23-6-4-7-24(15-23)30(31,32)33)8-3-5-19-9-10-27(34)26(14-19)29-16-20-11-21(17-29)13-22(12-20)18-29/h4,6-10,14-15,20-22,34H,2-3,5,11-13,16-18H2,1H3/b25-8+. The van der Waals surface area contributed by atoms with Gasteiger partial charge in [0.2, 0.25) is 0 Å². The first-order valence-corrected chi connectivity index (χ1v) is 13.0.